The number of nitrogens with one attached hydrogen (secondary N) is 1. The number of carbonyl (C=O) groups is 1. The van der Waals surface area contributed by atoms with Crippen molar-refractivity contribution in [2.75, 3.05) is 19.0 Å². The van der Waals surface area contributed by atoms with Crippen molar-refractivity contribution in [3.63, 3.8) is 0 Å². The van der Waals surface area contributed by atoms with E-state index in [9.17, 15) is 4.79 Å². The maximum absolute atomic E-state index is 12.5. The minimum Gasteiger partial charge on any atom is -0.497 e. The topological polar surface area (TPSA) is 67.6 Å². The van der Waals surface area contributed by atoms with Crippen LogP contribution in [0.4, 0.5) is 10.6 Å². The highest BCUT2D eigenvalue weighted by atomic mass is 16.5. The molecule has 1 atom stereocenters. The van der Waals surface area contributed by atoms with E-state index in [1.807, 2.05) is 29.2 Å². The van der Waals surface area contributed by atoms with Crippen molar-refractivity contribution in [3.8, 4) is 5.75 Å². The Balaban J connectivity index is 1.75. The number of aryl methyl sites for hydroxylation is 1. The normalized spacial score (nSPS) is 17.5. The van der Waals surface area contributed by atoms with Crippen LogP contribution in [0, 0.1) is 6.92 Å². The van der Waals surface area contributed by atoms with Crippen LogP contribution in [0.1, 0.15) is 30.2 Å². The molecule has 1 aromatic carbocycles. The van der Waals surface area contributed by atoms with Crippen molar-refractivity contribution >= 4 is 11.8 Å². The van der Waals surface area contributed by atoms with E-state index in [0.717, 1.165) is 30.7 Å². The molecule has 0 bridgehead atoms. The van der Waals surface area contributed by atoms with Crippen LogP contribution in [0.2, 0.25) is 0 Å². The predicted octanol–water partition coefficient (Wildman–Crippen LogP) is 3.36. The van der Waals surface area contributed by atoms with Gasteiger partial charge in [0.05, 0.1) is 13.2 Å². The molecule has 0 spiro atoms. The molecule has 6 nitrogen and oxygen atoms in total. The molecule has 1 aliphatic heterocycles. The Morgan fingerprint density at radius 1 is 1.45 bits per heavy atom. The van der Waals surface area contributed by atoms with Crippen molar-refractivity contribution in [1.82, 2.24) is 10.1 Å². The van der Waals surface area contributed by atoms with Gasteiger partial charge in [0, 0.05) is 12.6 Å². The average Bonchev–Trinajstić information content (AvgIpc) is 3.16. The lowest BCUT2D eigenvalue weighted by Crippen LogP contribution is -2.34. The lowest BCUT2D eigenvalue weighted by atomic mass is 10.0. The quantitative estimate of drug-likeness (QED) is 0.944. The Bertz CT molecular complexity index is 668. The van der Waals surface area contributed by atoms with Gasteiger partial charge in [0.15, 0.2) is 5.82 Å². The molecule has 1 N–H and O–H groups in total. The third-order valence-electron chi connectivity index (χ3n) is 3.86. The second kappa shape index (κ2) is 6.09. The lowest BCUT2D eigenvalue weighted by Gasteiger charge is -2.25. The molecule has 0 saturated carbocycles. The summed E-state index contributed by atoms with van der Waals surface area (Å²) in [7, 11) is 1.64. The number of benzene rings is 1. The van der Waals surface area contributed by atoms with Crippen LogP contribution in [-0.2, 0) is 0 Å². The molecule has 22 heavy (non-hydrogen) atoms. The maximum atomic E-state index is 12.5. The number of likely N-dealkylation sites (tertiary alicyclic amines) is 1. The summed E-state index contributed by atoms with van der Waals surface area (Å²) in [5.74, 6) is 1.91. The van der Waals surface area contributed by atoms with Gasteiger partial charge in [-0.1, -0.05) is 17.3 Å². The van der Waals surface area contributed by atoms with Crippen molar-refractivity contribution < 1.29 is 14.1 Å². The molecule has 1 fully saturated rings. The first kappa shape index (κ1) is 14.4. The van der Waals surface area contributed by atoms with Gasteiger partial charge in [-0.05, 0) is 37.5 Å². The Hall–Kier alpha value is -2.50. The Morgan fingerprint density at radius 3 is 3.05 bits per heavy atom. The first-order valence-corrected chi connectivity index (χ1v) is 7.32. The SMILES string of the molecule is COc1cccc([C@H]2CCCN2C(=O)Nc2cc(C)on2)c1. The number of methoxy groups -OCH3 is 1. The Kier molecular flexibility index (Phi) is 4.00. The molecule has 6 heteroatoms. The molecule has 0 aliphatic carbocycles. The van der Waals surface area contributed by atoms with Gasteiger partial charge >= 0.3 is 6.03 Å². The van der Waals surface area contributed by atoms with Gasteiger partial charge in [0.25, 0.3) is 0 Å². The number of amides is 2. The molecule has 2 amide bonds. The Labute approximate surface area is 129 Å². The van der Waals surface area contributed by atoms with Crippen molar-refractivity contribution in [2.45, 2.75) is 25.8 Å². The monoisotopic (exact) mass is 301 g/mol. The fourth-order valence-corrected chi connectivity index (χ4v) is 2.81. The number of urea groups is 1. The molecule has 116 valence electrons. The van der Waals surface area contributed by atoms with Gasteiger partial charge in [0.2, 0.25) is 0 Å². The summed E-state index contributed by atoms with van der Waals surface area (Å²) in [5, 5.41) is 6.58. The van der Waals surface area contributed by atoms with Gasteiger partial charge in [-0.25, -0.2) is 4.79 Å². The van der Waals surface area contributed by atoms with E-state index in [1.165, 1.54) is 0 Å². The summed E-state index contributed by atoms with van der Waals surface area (Å²) in [5.41, 5.74) is 1.09. The first-order valence-electron chi connectivity index (χ1n) is 7.32. The molecular weight excluding hydrogens is 282 g/mol. The molecule has 2 heterocycles. The second-order valence-corrected chi connectivity index (χ2v) is 5.38. The average molecular weight is 301 g/mol. The molecule has 0 radical (unpaired) electrons. The Morgan fingerprint density at radius 2 is 2.32 bits per heavy atom. The van der Waals surface area contributed by atoms with Crippen LogP contribution in [0.3, 0.4) is 0 Å². The zero-order valence-corrected chi connectivity index (χ0v) is 12.7. The van der Waals surface area contributed by atoms with E-state index < -0.39 is 0 Å². The third-order valence-corrected chi connectivity index (χ3v) is 3.86. The van der Waals surface area contributed by atoms with Gasteiger partial charge in [-0.3, -0.25) is 5.32 Å². The number of carbonyl (C=O) groups excluding carboxylic acids is 1. The van der Waals surface area contributed by atoms with E-state index in [4.69, 9.17) is 9.26 Å². The van der Waals surface area contributed by atoms with Crippen LogP contribution < -0.4 is 10.1 Å². The lowest BCUT2D eigenvalue weighted by molar-refractivity contribution is 0.206. The summed E-state index contributed by atoms with van der Waals surface area (Å²) in [6.07, 6.45) is 1.92. The molecule has 1 aliphatic rings. The smallest absolute Gasteiger partial charge is 0.323 e. The van der Waals surface area contributed by atoms with Crippen LogP contribution in [0.15, 0.2) is 34.9 Å². The highest BCUT2D eigenvalue weighted by molar-refractivity contribution is 5.88. The van der Waals surface area contributed by atoms with E-state index in [-0.39, 0.29) is 12.1 Å². The molecule has 3 rings (SSSR count). The first-order chi connectivity index (χ1) is 10.7. The van der Waals surface area contributed by atoms with Crippen molar-refractivity contribution in [1.29, 1.82) is 0 Å². The number of hydrogen-bond donors (Lipinski definition) is 1. The second-order valence-electron chi connectivity index (χ2n) is 5.38. The molecular formula is C16H19N3O3. The fourth-order valence-electron chi connectivity index (χ4n) is 2.81. The summed E-state index contributed by atoms with van der Waals surface area (Å²) in [4.78, 5) is 14.3. The van der Waals surface area contributed by atoms with Crippen LogP contribution >= 0.6 is 0 Å². The van der Waals surface area contributed by atoms with Gasteiger partial charge in [0.1, 0.15) is 11.5 Å². The largest absolute Gasteiger partial charge is 0.497 e. The number of rotatable bonds is 3. The van der Waals surface area contributed by atoms with Crippen LogP contribution in [-0.4, -0.2) is 29.7 Å². The number of hydrogen-bond acceptors (Lipinski definition) is 4. The predicted molar refractivity (Wildman–Crippen MR) is 81.9 cm³/mol. The maximum Gasteiger partial charge on any atom is 0.323 e. The zero-order valence-electron chi connectivity index (χ0n) is 12.7. The van der Waals surface area contributed by atoms with Crippen molar-refractivity contribution in [3.05, 3.63) is 41.7 Å². The fraction of sp³-hybridized carbons (Fsp3) is 0.375. The standard InChI is InChI=1S/C16H19N3O3/c1-11-9-15(18-22-11)17-16(20)19-8-4-7-14(19)12-5-3-6-13(10-12)21-2/h3,5-6,9-10,14H,4,7-8H2,1-2H3,(H,17,18,20)/t14-/m1/s1. The van der Waals surface area contributed by atoms with E-state index in [1.54, 1.807) is 20.1 Å². The highest BCUT2D eigenvalue weighted by Gasteiger charge is 2.30. The number of anilines is 1. The molecule has 2 aromatic rings. The third kappa shape index (κ3) is 2.90. The molecule has 1 saturated heterocycles. The van der Waals surface area contributed by atoms with Gasteiger partial charge in [-0.2, -0.15) is 0 Å². The van der Waals surface area contributed by atoms with E-state index in [0.29, 0.717) is 11.6 Å². The molecule has 1 aromatic heterocycles. The van der Waals surface area contributed by atoms with Crippen molar-refractivity contribution in [2.24, 2.45) is 0 Å². The van der Waals surface area contributed by atoms with Crippen LogP contribution in [0.25, 0.3) is 0 Å². The highest BCUT2D eigenvalue weighted by Crippen LogP contribution is 2.33. The summed E-state index contributed by atoms with van der Waals surface area (Å²) < 4.78 is 10.2. The summed E-state index contributed by atoms with van der Waals surface area (Å²) in [6.45, 7) is 2.52. The number of nitrogens with zero attached hydrogens (tertiary/aromatic N) is 2. The van der Waals surface area contributed by atoms with Gasteiger partial charge < -0.3 is 14.2 Å². The van der Waals surface area contributed by atoms with E-state index >= 15 is 0 Å². The minimum absolute atomic E-state index is 0.0584. The minimum atomic E-state index is -0.154. The summed E-state index contributed by atoms with van der Waals surface area (Å²) >= 11 is 0. The van der Waals surface area contributed by atoms with Crippen LogP contribution in [0.5, 0.6) is 5.75 Å². The van der Waals surface area contributed by atoms with E-state index in [2.05, 4.69) is 10.5 Å². The molecule has 0 unspecified atom stereocenters. The number of aromatic nitrogens is 1. The summed E-state index contributed by atoms with van der Waals surface area (Å²) in [6, 6.07) is 9.47. The van der Waals surface area contributed by atoms with Gasteiger partial charge in [-0.15, -0.1) is 0 Å². The zero-order chi connectivity index (χ0) is 15.5. The number of ether oxygens (including phenoxy) is 1.